The van der Waals surface area contributed by atoms with E-state index >= 15 is 0 Å². The fourth-order valence-electron chi connectivity index (χ4n) is 1.63. The Balaban J connectivity index is 2.13. The Hall–Kier alpha value is -0.500. The maximum Gasteiger partial charge on any atom is 0.0931 e. The highest BCUT2D eigenvalue weighted by molar-refractivity contribution is 7.16. The fourth-order valence-corrected chi connectivity index (χ4v) is 3.04. The van der Waals surface area contributed by atoms with Crippen LogP contribution in [0.4, 0.5) is 0 Å². The molecule has 1 aromatic heterocycles. The van der Waals surface area contributed by atoms with E-state index in [4.69, 9.17) is 23.2 Å². The van der Waals surface area contributed by atoms with Crippen molar-refractivity contribution in [3.8, 4) is 0 Å². The maximum atomic E-state index is 6.38. The van der Waals surface area contributed by atoms with Gasteiger partial charge in [-0.3, -0.25) is 0 Å². The van der Waals surface area contributed by atoms with Crippen molar-refractivity contribution in [1.82, 2.24) is 0 Å². The van der Waals surface area contributed by atoms with E-state index in [-0.39, 0.29) is 5.38 Å². The Morgan fingerprint density at radius 3 is 2.56 bits per heavy atom. The van der Waals surface area contributed by atoms with Gasteiger partial charge >= 0.3 is 0 Å². The molecule has 1 unspecified atom stereocenters. The van der Waals surface area contributed by atoms with Gasteiger partial charge in [0, 0.05) is 4.88 Å². The molecule has 0 aliphatic heterocycles. The van der Waals surface area contributed by atoms with Gasteiger partial charge in [-0.15, -0.1) is 22.9 Å². The van der Waals surface area contributed by atoms with Gasteiger partial charge in [0.15, 0.2) is 0 Å². The summed E-state index contributed by atoms with van der Waals surface area (Å²) in [6, 6.07) is 12.2. The van der Waals surface area contributed by atoms with Crippen LogP contribution in [0, 0.1) is 6.92 Å². The Morgan fingerprint density at radius 1 is 1.19 bits per heavy atom. The Labute approximate surface area is 110 Å². The van der Waals surface area contributed by atoms with Crippen LogP contribution in [0.15, 0.2) is 36.4 Å². The minimum absolute atomic E-state index is 0.0126. The number of halogens is 2. The van der Waals surface area contributed by atoms with Crippen molar-refractivity contribution < 1.29 is 0 Å². The van der Waals surface area contributed by atoms with E-state index in [0.29, 0.717) is 0 Å². The monoisotopic (exact) mass is 270 g/mol. The summed E-state index contributed by atoms with van der Waals surface area (Å²) in [4.78, 5) is 1.13. The number of aryl methyl sites for hydroxylation is 1. The topological polar surface area (TPSA) is 0 Å². The Bertz CT molecular complexity index is 476. The van der Waals surface area contributed by atoms with Gasteiger partial charge in [-0.25, -0.2) is 0 Å². The molecule has 0 radical (unpaired) electrons. The second-order valence-electron chi connectivity index (χ2n) is 3.74. The molecule has 1 heterocycles. The SMILES string of the molecule is Cc1ccccc1CC(Cl)c1ccc(Cl)s1. The van der Waals surface area contributed by atoms with Crippen LogP contribution < -0.4 is 0 Å². The molecule has 0 saturated heterocycles. The van der Waals surface area contributed by atoms with Crippen molar-refractivity contribution in [2.75, 3.05) is 0 Å². The second kappa shape index (κ2) is 5.22. The molecule has 84 valence electrons. The molecule has 2 rings (SSSR count). The first-order valence-electron chi connectivity index (χ1n) is 5.10. The smallest absolute Gasteiger partial charge is 0.0931 e. The molecule has 3 heteroatoms. The van der Waals surface area contributed by atoms with E-state index in [1.165, 1.54) is 11.1 Å². The molecule has 0 spiro atoms. The first-order chi connectivity index (χ1) is 7.66. The summed E-state index contributed by atoms with van der Waals surface area (Å²) < 4.78 is 0.797. The summed E-state index contributed by atoms with van der Waals surface area (Å²) in [5.41, 5.74) is 2.59. The van der Waals surface area contributed by atoms with Crippen LogP contribution >= 0.6 is 34.5 Å². The van der Waals surface area contributed by atoms with E-state index < -0.39 is 0 Å². The molecule has 1 atom stereocenters. The molecule has 2 aromatic rings. The molecule has 0 aliphatic carbocycles. The third kappa shape index (κ3) is 2.79. The standard InChI is InChI=1S/C13H12Cl2S/c1-9-4-2-3-5-10(9)8-11(14)12-6-7-13(15)16-12/h2-7,11H,8H2,1H3. The minimum atomic E-state index is 0.0126. The molecular weight excluding hydrogens is 259 g/mol. The molecule has 0 amide bonds. The zero-order chi connectivity index (χ0) is 11.5. The first kappa shape index (κ1) is 12.0. The first-order valence-corrected chi connectivity index (χ1v) is 6.73. The highest BCUT2D eigenvalue weighted by Crippen LogP contribution is 2.33. The van der Waals surface area contributed by atoms with E-state index in [2.05, 4.69) is 19.1 Å². The summed E-state index contributed by atoms with van der Waals surface area (Å²) in [6.45, 7) is 2.11. The van der Waals surface area contributed by atoms with E-state index in [1.807, 2.05) is 24.3 Å². The zero-order valence-electron chi connectivity index (χ0n) is 8.91. The zero-order valence-corrected chi connectivity index (χ0v) is 11.2. The highest BCUT2D eigenvalue weighted by Gasteiger charge is 2.12. The molecular formula is C13H12Cl2S. The summed E-state index contributed by atoms with van der Waals surface area (Å²) in [7, 11) is 0. The van der Waals surface area contributed by atoms with Crippen molar-refractivity contribution in [2.45, 2.75) is 18.7 Å². The van der Waals surface area contributed by atoms with Crippen LogP contribution in [0.1, 0.15) is 21.4 Å². The van der Waals surface area contributed by atoms with Gasteiger partial charge < -0.3 is 0 Å². The van der Waals surface area contributed by atoms with Crippen LogP contribution in [-0.2, 0) is 6.42 Å². The van der Waals surface area contributed by atoms with Crippen molar-refractivity contribution in [3.05, 3.63) is 56.7 Å². The quantitative estimate of drug-likeness (QED) is 0.670. The number of thiophene rings is 1. The lowest BCUT2D eigenvalue weighted by Gasteiger charge is -2.09. The molecule has 1 aromatic carbocycles. The van der Waals surface area contributed by atoms with E-state index in [0.717, 1.165) is 15.6 Å². The third-order valence-corrected chi connectivity index (χ3v) is 4.43. The second-order valence-corrected chi connectivity index (χ2v) is 6.01. The van der Waals surface area contributed by atoms with Crippen molar-refractivity contribution in [1.29, 1.82) is 0 Å². The lowest BCUT2D eigenvalue weighted by atomic mass is 10.0. The summed E-state index contributed by atoms with van der Waals surface area (Å²) >= 11 is 13.8. The van der Waals surface area contributed by atoms with Gasteiger partial charge in [0.25, 0.3) is 0 Å². The third-order valence-electron chi connectivity index (χ3n) is 2.56. The molecule has 0 nitrogen and oxygen atoms in total. The molecule has 0 fully saturated rings. The molecule has 16 heavy (non-hydrogen) atoms. The van der Waals surface area contributed by atoms with Gasteiger partial charge in [-0.2, -0.15) is 0 Å². The van der Waals surface area contributed by atoms with Crippen molar-refractivity contribution >= 4 is 34.5 Å². The Kier molecular flexibility index (Phi) is 3.91. The lowest BCUT2D eigenvalue weighted by Crippen LogP contribution is -1.95. The highest BCUT2D eigenvalue weighted by atomic mass is 35.5. The molecule has 0 bridgehead atoms. The van der Waals surface area contributed by atoms with Crippen molar-refractivity contribution in [2.24, 2.45) is 0 Å². The van der Waals surface area contributed by atoms with Gasteiger partial charge in [0.2, 0.25) is 0 Å². The van der Waals surface area contributed by atoms with Crippen molar-refractivity contribution in [3.63, 3.8) is 0 Å². The predicted octanol–water partition coefficient (Wildman–Crippen LogP) is 5.23. The predicted molar refractivity (Wildman–Crippen MR) is 72.8 cm³/mol. The minimum Gasteiger partial charge on any atom is -0.127 e. The summed E-state index contributed by atoms with van der Waals surface area (Å²) in [5, 5.41) is 0.0126. The molecule has 0 N–H and O–H groups in total. The largest absolute Gasteiger partial charge is 0.127 e. The molecule has 0 saturated carbocycles. The van der Waals surface area contributed by atoms with Crippen LogP contribution in [0.3, 0.4) is 0 Å². The number of hydrogen-bond donors (Lipinski definition) is 0. The van der Waals surface area contributed by atoms with E-state index in [9.17, 15) is 0 Å². The van der Waals surface area contributed by atoms with Gasteiger partial charge in [0.1, 0.15) is 0 Å². The van der Waals surface area contributed by atoms with Crippen LogP contribution in [-0.4, -0.2) is 0 Å². The normalized spacial score (nSPS) is 12.7. The van der Waals surface area contributed by atoms with Gasteiger partial charge in [-0.1, -0.05) is 35.9 Å². The number of benzene rings is 1. The van der Waals surface area contributed by atoms with Crippen LogP contribution in [0.2, 0.25) is 4.34 Å². The van der Waals surface area contributed by atoms with Crippen LogP contribution in [0.25, 0.3) is 0 Å². The molecule has 0 aliphatic rings. The summed E-state index contributed by atoms with van der Waals surface area (Å²) in [5.74, 6) is 0. The van der Waals surface area contributed by atoms with Crippen LogP contribution in [0.5, 0.6) is 0 Å². The lowest BCUT2D eigenvalue weighted by molar-refractivity contribution is 0.930. The number of hydrogen-bond acceptors (Lipinski definition) is 1. The average molecular weight is 271 g/mol. The maximum absolute atomic E-state index is 6.38. The Morgan fingerprint density at radius 2 is 1.94 bits per heavy atom. The van der Waals surface area contributed by atoms with Gasteiger partial charge in [-0.05, 0) is 36.6 Å². The number of alkyl halides is 1. The van der Waals surface area contributed by atoms with E-state index in [1.54, 1.807) is 11.3 Å². The summed E-state index contributed by atoms with van der Waals surface area (Å²) in [6.07, 6.45) is 0.852. The fraction of sp³-hybridized carbons (Fsp3) is 0.231. The van der Waals surface area contributed by atoms with Gasteiger partial charge in [0.05, 0.1) is 9.71 Å². The number of rotatable bonds is 3. The average Bonchev–Trinajstić information content (AvgIpc) is 2.68.